The lowest BCUT2D eigenvalue weighted by Crippen LogP contribution is -2.51. The van der Waals surface area contributed by atoms with Crippen LogP contribution in [0.1, 0.15) is 26.7 Å². The first-order chi connectivity index (χ1) is 9.41. The zero-order valence-electron chi connectivity index (χ0n) is 13.7. The lowest BCUT2D eigenvalue weighted by molar-refractivity contribution is -0.148. The number of ether oxygens (including phenoxy) is 1. The van der Waals surface area contributed by atoms with E-state index in [0.717, 1.165) is 32.0 Å². The Balaban J connectivity index is 2.40. The maximum Gasteiger partial charge on any atom is 0.325 e. The molecule has 0 spiro atoms. The highest BCUT2D eigenvalue weighted by atomic mass is 16.5. The van der Waals surface area contributed by atoms with Gasteiger partial charge in [-0.3, -0.25) is 4.79 Å². The third-order valence-electron chi connectivity index (χ3n) is 4.26. The molecule has 1 aliphatic heterocycles. The van der Waals surface area contributed by atoms with E-state index in [-0.39, 0.29) is 5.97 Å². The molecule has 20 heavy (non-hydrogen) atoms. The molecule has 2 unspecified atom stereocenters. The molecule has 1 heterocycles. The summed E-state index contributed by atoms with van der Waals surface area (Å²) in [6.45, 7) is 9.11. The summed E-state index contributed by atoms with van der Waals surface area (Å²) in [7, 11) is 5.78. The summed E-state index contributed by atoms with van der Waals surface area (Å²) in [6, 6.07) is 0. The fourth-order valence-electron chi connectivity index (χ4n) is 3.00. The van der Waals surface area contributed by atoms with Crippen molar-refractivity contribution in [3.05, 3.63) is 0 Å². The van der Waals surface area contributed by atoms with Crippen LogP contribution in [0.5, 0.6) is 0 Å². The minimum absolute atomic E-state index is 0.173. The number of nitrogens with zero attached hydrogens (tertiary/aromatic N) is 2. The van der Waals surface area contributed by atoms with Gasteiger partial charge in [0.15, 0.2) is 0 Å². The number of carbonyl (C=O) groups is 1. The van der Waals surface area contributed by atoms with Crippen LogP contribution in [-0.4, -0.2) is 75.2 Å². The van der Waals surface area contributed by atoms with Crippen LogP contribution < -0.4 is 5.32 Å². The largest absolute Gasteiger partial charge is 0.468 e. The van der Waals surface area contributed by atoms with Crippen LogP contribution in [0.2, 0.25) is 0 Å². The van der Waals surface area contributed by atoms with Crippen molar-refractivity contribution in [2.75, 3.05) is 53.9 Å². The van der Waals surface area contributed by atoms with Crippen LogP contribution >= 0.6 is 0 Å². The molecule has 0 bridgehead atoms. The molecule has 1 saturated heterocycles. The molecule has 1 fully saturated rings. The molecule has 0 aliphatic carbocycles. The summed E-state index contributed by atoms with van der Waals surface area (Å²) in [5.74, 6) is 0.585. The van der Waals surface area contributed by atoms with Gasteiger partial charge in [0.25, 0.3) is 0 Å². The first kappa shape index (κ1) is 17.4. The van der Waals surface area contributed by atoms with Crippen molar-refractivity contribution in [3.63, 3.8) is 0 Å². The smallest absolute Gasteiger partial charge is 0.325 e. The second-order valence-electron chi connectivity index (χ2n) is 6.28. The lowest BCUT2D eigenvalue weighted by Gasteiger charge is -2.30. The third kappa shape index (κ3) is 5.04. The van der Waals surface area contributed by atoms with Gasteiger partial charge in [-0.1, -0.05) is 6.92 Å². The highest BCUT2D eigenvalue weighted by Crippen LogP contribution is 2.17. The molecule has 0 radical (unpaired) electrons. The molecule has 2 atom stereocenters. The Morgan fingerprint density at radius 3 is 2.75 bits per heavy atom. The minimum Gasteiger partial charge on any atom is -0.468 e. The van der Waals surface area contributed by atoms with E-state index in [1.165, 1.54) is 26.6 Å². The molecule has 1 rings (SSSR count). The van der Waals surface area contributed by atoms with Gasteiger partial charge in [-0.2, -0.15) is 0 Å². The Hall–Kier alpha value is -0.650. The van der Waals surface area contributed by atoms with Crippen molar-refractivity contribution in [2.45, 2.75) is 32.2 Å². The van der Waals surface area contributed by atoms with E-state index in [1.54, 1.807) is 0 Å². The number of likely N-dealkylation sites (tertiary alicyclic amines) is 1. The fraction of sp³-hybridized carbons (Fsp3) is 0.933. The minimum atomic E-state index is -0.579. The normalized spacial score (nSPS) is 23.0. The summed E-state index contributed by atoms with van der Waals surface area (Å²) >= 11 is 0. The average Bonchev–Trinajstić information content (AvgIpc) is 2.81. The Morgan fingerprint density at radius 2 is 2.25 bits per heavy atom. The van der Waals surface area contributed by atoms with Crippen molar-refractivity contribution in [1.82, 2.24) is 15.1 Å². The van der Waals surface area contributed by atoms with E-state index in [1.807, 2.05) is 13.8 Å². The van der Waals surface area contributed by atoms with Crippen molar-refractivity contribution in [3.8, 4) is 0 Å². The number of carbonyl (C=O) groups excluding carboxylic acids is 1. The van der Waals surface area contributed by atoms with Crippen LogP contribution in [0.15, 0.2) is 0 Å². The summed E-state index contributed by atoms with van der Waals surface area (Å²) in [5.41, 5.74) is -0.579. The highest BCUT2D eigenvalue weighted by molar-refractivity contribution is 5.80. The maximum absolute atomic E-state index is 11.9. The van der Waals surface area contributed by atoms with Gasteiger partial charge in [0, 0.05) is 19.6 Å². The van der Waals surface area contributed by atoms with Gasteiger partial charge in [-0.25, -0.2) is 0 Å². The van der Waals surface area contributed by atoms with E-state index in [9.17, 15) is 4.79 Å². The average molecular weight is 285 g/mol. The monoisotopic (exact) mass is 285 g/mol. The van der Waals surface area contributed by atoms with E-state index in [0.29, 0.717) is 0 Å². The third-order valence-corrected chi connectivity index (χ3v) is 4.26. The second-order valence-corrected chi connectivity index (χ2v) is 6.28. The van der Waals surface area contributed by atoms with Gasteiger partial charge >= 0.3 is 5.97 Å². The van der Waals surface area contributed by atoms with Crippen LogP contribution in [0.4, 0.5) is 0 Å². The first-order valence-corrected chi connectivity index (χ1v) is 7.61. The van der Waals surface area contributed by atoms with Gasteiger partial charge < -0.3 is 19.9 Å². The maximum atomic E-state index is 11.9. The zero-order valence-corrected chi connectivity index (χ0v) is 13.7. The zero-order chi connectivity index (χ0) is 15.2. The molecule has 5 heteroatoms. The van der Waals surface area contributed by atoms with Gasteiger partial charge in [0.1, 0.15) is 5.54 Å². The number of hydrogen-bond acceptors (Lipinski definition) is 5. The van der Waals surface area contributed by atoms with Gasteiger partial charge in [0.05, 0.1) is 7.11 Å². The predicted molar refractivity (Wildman–Crippen MR) is 81.8 cm³/mol. The van der Waals surface area contributed by atoms with Crippen molar-refractivity contribution < 1.29 is 9.53 Å². The van der Waals surface area contributed by atoms with Crippen LogP contribution in [-0.2, 0) is 9.53 Å². The molecule has 0 saturated carbocycles. The van der Waals surface area contributed by atoms with Crippen molar-refractivity contribution in [2.24, 2.45) is 5.92 Å². The summed E-state index contributed by atoms with van der Waals surface area (Å²) in [5, 5.41) is 3.26. The Kier molecular flexibility index (Phi) is 6.92. The Bertz CT molecular complexity index is 311. The summed E-state index contributed by atoms with van der Waals surface area (Å²) in [4.78, 5) is 16.6. The molecular weight excluding hydrogens is 254 g/mol. The van der Waals surface area contributed by atoms with E-state index in [2.05, 4.69) is 29.2 Å². The molecule has 5 nitrogen and oxygen atoms in total. The van der Waals surface area contributed by atoms with Crippen molar-refractivity contribution >= 4 is 5.97 Å². The van der Waals surface area contributed by atoms with Crippen LogP contribution in [0.3, 0.4) is 0 Å². The number of likely N-dealkylation sites (N-methyl/N-ethyl adjacent to an activating group) is 1. The lowest BCUT2D eigenvalue weighted by atomic mass is 9.97. The summed E-state index contributed by atoms with van der Waals surface area (Å²) in [6.07, 6.45) is 2.05. The first-order valence-electron chi connectivity index (χ1n) is 7.61. The van der Waals surface area contributed by atoms with Crippen molar-refractivity contribution in [1.29, 1.82) is 0 Å². The Labute approximate surface area is 123 Å². The predicted octanol–water partition coefficient (Wildman–Crippen LogP) is 0.801. The number of rotatable bonds is 8. The highest BCUT2D eigenvalue weighted by Gasteiger charge is 2.33. The van der Waals surface area contributed by atoms with E-state index >= 15 is 0 Å². The molecule has 118 valence electrons. The van der Waals surface area contributed by atoms with Crippen LogP contribution in [0.25, 0.3) is 0 Å². The number of methoxy groups -OCH3 is 1. The number of hydrogen-bond donors (Lipinski definition) is 1. The second kappa shape index (κ2) is 7.96. The Morgan fingerprint density at radius 1 is 1.55 bits per heavy atom. The molecular formula is C15H31N3O2. The number of esters is 1. The van der Waals surface area contributed by atoms with Gasteiger partial charge in [-0.05, 0) is 52.9 Å². The molecule has 0 aromatic carbocycles. The van der Waals surface area contributed by atoms with Gasteiger partial charge in [0.2, 0.25) is 0 Å². The standard InChI is InChI=1S/C15H31N3O2/c1-6-16-15(2,14(19)20-5)8-10-18(4)12-13-7-9-17(3)11-13/h13,16H,6-12H2,1-5H3. The molecule has 0 aromatic heterocycles. The molecule has 0 amide bonds. The quantitative estimate of drug-likeness (QED) is 0.668. The number of nitrogens with one attached hydrogen (secondary N) is 1. The summed E-state index contributed by atoms with van der Waals surface area (Å²) < 4.78 is 4.92. The van der Waals surface area contributed by atoms with Gasteiger partial charge in [-0.15, -0.1) is 0 Å². The molecule has 0 aromatic rings. The van der Waals surface area contributed by atoms with E-state index in [4.69, 9.17) is 4.74 Å². The molecule has 1 aliphatic rings. The van der Waals surface area contributed by atoms with Crippen LogP contribution in [0, 0.1) is 5.92 Å². The fourth-order valence-corrected chi connectivity index (χ4v) is 3.00. The molecule has 1 N–H and O–H groups in total. The topological polar surface area (TPSA) is 44.8 Å². The van der Waals surface area contributed by atoms with E-state index < -0.39 is 5.54 Å². The SMILES string of the molecule is CCNC(C)(CCN(C)CC1CCN(C)C1)C(=O)OC.